The van der Waals surface area contributed by atoms with Crippen molar-refractivity contribution in [1.82, 2.24) is 0 Å². The first-order chi connectivity index (χ1) is 13.1. The number of allylic oxidation sites excluding steroid dienone is 6. The van der Waals surface area contributed by atoms with E-state index in [1.165, 1.54) is 0 Å². The lowest BCUT2D eigenvalue weighted by molar-refractivity contribution is 0.318. The van der Waals surface area contributed by atoms with Gasteiger partial charge in [0, 0.05) is 24.4 Å². The lowest BCUT2D eigenvalue weighted by Gasteiger charge is -2.21. The van der Waals surface area contributed by atoms with Gasteiger partial charge in [-0.3, -0.25) is 0 Å². The summed E-state index contributed by atoms with van der Waals surface area (Å²) in [5, 5.41) is 18.1. The molecule has 0 amide bonds. The van der Waals surface area contributed by atoms with E-state index in [0.717, 1.165) is 24.3 Å². The van der Waals surface area contributed by atoms with Gasteiger partial charge < -0.3 is 9.64 Å². The number of anilines is 1. The molecule has 0 N–H and O–H groups in total. The number of benzene rings is 1. The Morgan fingerprint density at radius 1 is 1.04 bits per heavy atom. The molecule has 0 aliphatic carbocycles. The highest BCUT2D eigenvalue weighted by Gasteiger charge is 2.10. The molecule has 4 nitrogen and oxygen atoms in total. The quantitative estimate of drug-likeness (QED) is 0.508. The number of nitrogens with zero attached hydrogens (tertiary/aromatic N) is 3. The molecular formula is C23H21N3O. The largest absolute Gasteiger partial charge is 0.462 e. The van der Waals surface area contributed by atoms with Gasteiger partial charge in [-0.05, 0) is 42.8 Å². The molecule has 4 heteroatoms. The summed E-state index contributed by atoms with van der Waals surface area (Å²) in [5.41, 5.74) is 2.73. The molecule has 0 bridgehead atoms. The van der Waals surface area contributed by atoms with Crippen LogP contribution in [0.15, 0.2) is 90.5 Å². The highest BCUT2D eigenvalue weighted by molar-refractivity contribution is 5.59. The van der Waals surface area contributed by atoms with Crippen LogP contribution in [0.2, 0.25) is 0 Å². The van der Waals surface area contributed by atoms with Crippen LogP contribution >= 0.6 is 0 Å². The average Bonchev–Trinajstić information content (AvgIpc) is 2.67. The van der Waals surface area contributed by atoms with E-state index < -0.39 is 0 Å². The molecule has 0 saturated carbocycles. The SMILES string of the molecule is C=CCN(CC=C)c1ccc(C=CC2=CC(=C(C#N)C#N)C=C(C)O2)cc1. The molecule has 0 atom stereocenters. The van der Waals surface area contributed by atoms with Crippen molar-refractivity contribution in [2.75, 3.05) is 18.0 Å². The van der Waals surface area contributed by atoms with Crippen molar-refractivity contribution in [3.05, 3.63) is 96.0 Å². The maximum absolute atomic E-state index is 9.04. The Morgan fingerprint density at radius 3 is 2.22 bits per heavy atom. The van der Waals surface area contributed by atoms with Gasteiger partial charge in [-0.25, -0.2) is 0 Å². The smallest absolute Gasteiger partial charge is 0.137 e. The molecule has 0 aromatic heterocycles. The van der Waals surface area contributed by atoms with E-state index in [-0.39, 0.29) is 5.57 Å². The standard InChI is InChI=1S/C23H21N3O/c1-4-12-26(13-5-2)22-9-6-19(7-10-22)8-11-23-15-20(14-18(3)27-23)21(16-24)17-25/h4-11,14-15H,1-2,12-13H2,3H3. The Bertz CT molecular complexity index is 890. The third-order valence-electron chi connectivity index (χ3n) is 3.84. The summed E-state index contributed by atoms with van der Waals surface area (Å²) < 4.78 is 5.66. The first-order valence-corrected chi connectivity index (χ1v) is 8.48. The molecule has 27 heavy (non-hydrogen) atoms. The van der Waals surface area contributed by atoms with Gasteiger partial charge in [-0.15, -0.1) is 13.2 Å². The summed E-state index contributed by atoms with van der Waals surface area (Å²) in [4.78, 5) is 2.16. The number of ether oxygens (including phenoxy) is 1. The molecule has 0 spiro atoms. The zero-order valence-corrected chi connectivity index (χ0v) is 15.4. The fourth-order valence-electron chi connectivity index (χ4n) is 2.61. The number of rotatable bonds is 7. The molecule has 0 radical (unpaired) electrons. The molecule has 1 aliphatic heterocycles. The van der Waals surface area contributed by atoms with Crippen LogP contribution in [0, 0.1) is 22.7 Å². The van der Waals surface area contributed by atoms with Gasteiger partial charge in [-0.2, -0.15) is 10.5 Å². The minimum atomic E-state index is 0.0671. The second kappa shape index (κ2) is 9.65. The van der Waals surface area contributed by atoms with Gasteiger partial charge in [0.25, 0.3) is 0 Å². The van der Waals surface area contributed by atoms with E-state index in [4.69, 9.17) is 15.3 Å². The molecule has 0 unspecified atom stereocenters. The van der Waals surface area contributed by atoms with Crippen molar-refractivity contribution < 1.29 is 4.74 Å². The maximum atomic E-state index is 9.04. The Balaban J connectivity index is 2.20. The second-order valence-corrected chi connectivity index (χ2v) is 5.86. The Kier molecular flexibility index (Phi) is 6.99. The summed E-state index contributed by atoms with van der Waals surface area (Å²) in [6.07, 6.45) is 10.8. The van der Waals surface area contributed by atoms with E-state index >= 15 is 0 Å². The van der Waals surface area contributed by atoms with Gasteiger partial charge in [0.15, 0.2) is 0 Å². The monoisotopic (exact) mass is 355 g/mol. The predicted molar refractivity (Wildman–Crippen MR) is 109 cm³/mol. The maximum Gasteiger partial charge on any atom is 0.137 e. The summed E-state index contributed by atoms with van der Waals surface area (Å²) >= 11 is 0. The van der Waals surface area contributed by atoms with Gasteiger partial charge in [-0.1, -0.05) is 30.4 Å². The van der Waals surface area contributed by atoms with E-state index in [9.17, 15) is 0 Å². The zero-order chi connectivity index (χ0) is 19.6. The van der Waals surface area contributed by atoms with Crippen LogP contribution in [0.4, 0.5) is 5.69 Å². The third-order valence-corrected chi connectivity index (χ3v) is 3.84. The minimum Gasteiger partial charge on any atom is -0.462 e. The second-order valence-electron chi connectivity index (χ2n) is 5.86. The molecule has 0 fully saturated rings. The van der Waals surface area contributed by atoms with Crippen LogP contribution in [0.5, 0.6) is 0 Å². The normalized spacial score (nSPS) is 12.9. The highest BCUT2D eigenvalue weighted by atomic mass is 16.5. The van der Waals surface area contributed by atoms with E-state index in [0.29, 0.717) is 17.1 Å². The first kappa shape index (κ1) is 19.6. The summed E-state index contributed by atoms with van der Waals surface area (Å²) in [6.45, 7) is 10.9. The lowest BCUT2D eigenvalue weighted by Crippen LogP contribution is -2.22. The Hall–Kier alpha value is -3.76. The van der Waals surface area contributed by atoms with Crippen molar-refractivity contribution in [3.8, 4) is 12.1 Å². The van der Waals surface area contributed by atoms with Crippen molar-refractivity contribution in [2.24, 2.45) is 0 Å². The molecule has 2 rings (SSSR count). The van der Waals surface area contributed by atoms with Crippen molar-refractivity contribution in [3.63, 3.8) is 0 Å². The fraction of sp³-hybridized carbons (Fsp3) is 0.130. The zero-order valence-electron chi connectivity index (χ0n) is 15.4. The van der Waals surface area contributed by atoms with Crippen LogP contribution in [0.25, 0.3) is 6.08 Å². The van der Waals surface area contributed by atoms with Crippen molar-refractivity contribution in [2.45, 2.75) is 6.92 Å². The van der Waals surface area contributed by atoms with Crippen LogP contribution in [-0.2, 0) is 4.74 Å². The van der Waals surface area contributed by atoms with Crippen molar-refractivity contribution >= 4 is 11.8 Å². The Labute approximate surface area is 160 Å². The average molecular weight is 355 g/mol. The summed E-state index contributed by atoms with van der Waals surface area (Å²) in [7, 11) is 0. The first-order valence-electron chi connectivity index (χ1n) is 8.48. The molecule has 1 heterocycles. The van der Waals surface area contributed by atoms with Gasteiger partial charge >= 0.3 is 0 Å². The molecule has 1 aromatic rings. The van der Waals surface area contributed by atoms with Crippen molar-refractivity contribution in [1.29, 1.82) is 10.5 Å². The molecule has 1 aliphatic rings. The number of hydrogen-bond donors (Lipinski definition) is 0. The van der Waals surface area contributed by atoms with Crippen LogP contribution < -0.4 is 4.90 Å². The van der Waals surface area contributed by atoms with E-state index in [1.807, 2.05) is 60.7 Å². The third kappa shape index (κ3) is 5.36. The number of hydrogen-bond acceptors (Lipinski definition) is 4. The minimum absolute atomic E-state index is 0.0671. The van der Waals surface area contributed by atoms with Gasteiger partial charge in [0.05, 0.1) is 0 Å². The molecule has 134 valence electrons. The Morgan fingerprint density at radius 2 is 1.67 bits per heavy atom. The highest BCUT2D eigenvalue weighted by Crippen LogP contribution is 2.23. The van der Waals surface area contributed by atoms with Gasteiger partial charge in [0.2, 0.25) is 0 Å². The van der Waals surface area contributed by atoms with Crippen LogP contribution in [-0.4, -0.2) is 13.1 Å². The molecular weight excluding hydrogens is 334 g/mol. The topological polar surface area (TPSA) is 60.0 Å². The lowest BCUT2D eigenvalue weighted by atomic mass is 10.1. The van der Waals surface area contributed by atoms with Gasteiger partial charge in [0.1, 0.15) is 29.2 Å². The van der Waals surface area contributed by atoms with Crippen LogP contribution in [0.1, 0.15) is 12.5 Å². The fourth-order valence-corrected chi connectivity index (χ4v) is 2.61. The number of nitriles is 2. The van der Waals surface area contributed by atoms with E-state index in [1.54, 1.807) is 19.1 Å². The predicted octanol–water partition coefficient (Wildman–Crippen LogP) is 5.04. The summed E-state index contributed by atoms with van der Waals surface area (Å²) in [6, 6.07) is 11.9. The summed E-state index contributed by atoms with van der Waals surface area (Å²) in [5.74, 6) is 1.21. The molecule has 1 aromatic carbocycles. The van der Waals surface area contributed by atoms with Crippen LogP contribution in [0.3, 0.4) is 0 Å². The van der Waals surface area contributed by atoms with E-state index in [2.05, 4.69) is 18.1 Å². The molecule has 0 saturated heterocycles.